The van der Waals surface area contributed by atoms with Crippen molar-refractivity contribution in [1.29, 1.82) is 0 Å². The summed E-state index contributed by atoms with van der Waals surface area (Å²) in [5, 5.41) is 4.23. The Morgan fingerprint density at radius 1 is 1.03 bits per heavy atom. The molecule has 0 aliphatic heterocycles. The zero-order valence-corrected chi connectivity index (χ0v) is 18.5. The highest BCUT2D eigenvalue weighted by Gasteiger charge is 2.24. The van der Waals surface area contributed by atoms with Crippen LogP contribution in [0.25, 0.3) is 10.9 Å². The average Bonchev–Trinajstić information content (AvgIpc) is 3.40. The normalized spacial score (nSPS) is 12.4. The quantitative estimate of drug-likeness (QED) is 0.382. The van der Waals surface area contributed by atoms with Gasteiger partial charge in [-0.2, -0.15) is 0 Å². The summed E-state index contributed by atoms with van der Waals surface area (Å²) in [5.41, 5.74) is 4.99. The molecule has 31 heavy (non-hydrogen) atoms. The zero-order valence-electron chi connectivity index (χ0n) is 18.5. The van der Waals surface area contributed by atoms with Gasteiger partial charge in [0.2, 0.25) is 5.91 Å². The predicted octanol–water partition coefficient (Wildman–Crippen LogP) is 6.04. The number of rotatable bonds is 8. The van der Waals surface area contributed by atoms with Crippen LogP contribution in [0.3, 0.4) is 0 Å². The van der Waals surface area contributed by atoms with E-state index in [9.17, 15) is 4.79 Å². The van der Waals surface area contributed by atoms with Gasteiger partial charge in [0.1, 0.15) is 5.76 Å². The lowest BCUT2D eigenvalue weighted by atomic mass is 9.85. The molecule has 4 aromatic rings. The summed E-state index contributed by atoms with van der Waals surface area (Å²) in [6, 6.07) is 20.9. The Labute approximate surface area is 183 Å². The number of aryl methyl sites for hydroxylation is 1. The third-order valence-corrected chi connectivity index (χ3v) is 5.94. The van der Waals surface area contributed by atoms with Crippen molar-refractivity contribution in [3.05, 3.63) is 95.6 Å². The van der Waals surface area contributed by atoms with Crippen LogP contribution in [-0.4, -0.2) is 10.5 Å². The molecule has 0 aliphatic carbocycles. The summed E-state index contributed by atoms with van der Waals surface area (Å²) in [7, 11) is 0. The summed E-state index contributed by atoms with van der Waals surface area (Å²) < 4.78 is 7.64. The molecule has 4 rings (SSSR count). The van der Waals surface area contributed by atoms with Crippen LogP contribution in [0.2, 0.25) is 0 Å². The molecule has 2 aromatic carbocycles. The number of aromatic nitrogens is 1. The lowest BCUT2D eigenvalue weighted by Gasteiger charge is -2.20. The molecule has 0 aliphatic rings. The number of furan rings is 1. The van der Waals surface area contributed by atoms with E-state index in [1.807, 2.05) is 12.1 Å². The number of para-hydroxylation sites is 1. The van der Waals surface area contributed by atoms with E-state index < -0.39 is 0 Å². The number of nitrogens with one attached hydrogen (secondary N) is 1. The summed E-state index contributed by atoms with van der Waals surface area (Å²) in [5.74, 6) is 1.29. The number of amides is 1. The van der Waals surface area contributed by atoms with E-state index in [2.05, 4.69) is 85.4 Å². The monoisotopic (exact) mass is 414 g/mol. The number of hydrogen-bond acceptors (Lipinski definition) is 2. The maximum Gasteiger partial charge on any atom is 0.220 e. The fraction of sp³-hybridized carbons (Fsp3) is 0.296. The smallest absolute Gasteiger partial charge is 0.220 e. The molecule has 2 heterocycles. The molecule has 1 atom stereocenters. The van der Waals surface area contributed by atoms with Gasteiger partial charge in [0, 0.05) is 30.1 Å². The fourth-order valence-electron chi connectivity index (χ4n) is 4.17. The Bertz CT molecular complexity index is 1140. The molecule has 2 aromatic heterocycles. The third-order valence-electron chi connectivity index (χ3n) is 5.94. The van der Waals surface area contributed by atoms with Crippen LogP contribution >= 0.6 is 0 Å². The van der Waals surface area contributed by atoms with Crippen LogP contribution in [-0.2, 0) is 17.9 Å². The van der Waals surface area contributed by atoms with Gasteiger partial charge >= 0.3 is 0 Å². The maximum absolute atomic E-state index is 12.7. The van der Waals surface area contributed by atoms with Crippen molar-refractivity contribution in [3.63, 3.8) is 0 Å². The molecule has 1 amide bonds. The Morgan fingerprint density at radius 2 is 1.81 bits per heavy atom. The summed E-state index contributed by atoms with van der Waals surface area (Å²) in [4.78, 5) is 12.7. The first-order valence-corrected chi connectivity index (χ1v) is 10.9. The number of carbonyl (C=O) groups excluding carboxylic acids is 1. The van der Waals surface area contributed by atoms with E-state index in [1.165, 1.54) is 27.6 Å². The molecule has 4 heteroatoms. The number of nitrogens with zero attached hydrogens (tertiary/aromatic N) is 1. The first kappa shape index (κ1) is 21.0. The van der Waals surface area contributed by atoms with Gasteiger partial charge < -0.3 is 14.3 Å². The van der Waals surface area contributed by atoms with Gasteiger partial charge in [-0.05, 0) is 48.1 Å². The molecule has 4 nitrogen and oxygen atoms in total. The summed E-state index contributed by atoms with van der Waals surface area (Å²) >= 11 is 0. The van der Waals surface area contributed by atoms with Gasteiger partial charge in [0.15, 0.2) is 0 Å². The highest BCUT2D eigenvalue weighted by atomic mass is 16.3. The number of hydrogen-bond donors (Lipinski definition) is 1. The molecule has 0 saturated carbocycles. The van der Waals surface area contributed by atoms with Gasteiger partial charge in [-0.15, -0.1) is 0 Å². The van der Waals surface area contributed by atoms with Gasteiger partial charge in [0.25, 0.3) is 0 Å². The highest BCUT2D eigenvalue weighted by molar-refractivity contribution is 5.86. The lowest BCUT2D eigenvalue weighted by Crippen LogP contribution is -2.25. The maximum atomic E-state index is 12.7. The van der Waals surface area contributed by atoms with Gasteiger partial charge in [0.05, 0.1) is 12.8 Å². The molecule has 0 saturated heterocycles. The number of carbonyl (C=O) groups is 1. The fourth-order valence-corrected chi connectivity index (χ4v) is 4.17. The third kappa shape index (κ3) is 4.91. The number of benzene rings is 2. The van der Waals surface area contributed by atoms with Crippen LogP contribution in [0.4, 0.5) is 0 Å². The standard InChI is InChI=1S/C27H30N2O2/c1-19(2)24(15-27(30)28-16-22-7-6-14-31-22)25-18-29(26-9-5-4-8-23(25)26)17-21-12-10-20(3)11-13-21/h4-14,18-19,24H,15-17H2,1-3H3,(H,28,30). The predicted molar refractivity (Wildman–Crippen MR) is 125 cm³/mol. The van der Waals surface area contributed by atoms with E-state index >= 15 is 0 Å². The van der Waals surface area contributed by atoms with Gasteiger partial charge in [-0.25, -0.2) is 0 Å². The Balaban J connectivity index is 1.59. The van der Waals surface area contributed by atoms with Crippen LogP contribution in [0.5, 0.6) is 0 Å². The van der Waals surface area contributed by atoms with Crippen molar-refractivity contribution in [2.24, 2.45) is 5.92 Å². The minimum atomic E-state index is 0.0467. The highest BCUT2D eigenvalue weighted by Crippen LogP contribution is 2.35. The van der Waals surface area contributed by atoms with Crippen molar-refractivity contribution in [3.8, 4) is 0 Å². The lowest BCUT2D eigenvalue weighted by molar-refractivity contribution is -0.121. The zero-order chi connectivity index (χ0) is 21.8. The molecule has 0 bridgehead atoms. The average molecular weight is 415 g/mol. The molecule has 0 spiro atoms. The van der Waals surface area contributed by atoms with E-state index in [4.69, 9.17) is 4.42 Å². The van der Waals surface area contributed by atoms with Crippen LogP contribution < -0.4 is 5.32 Å². The summed E-state index contributed by atoms with van der Waals surface area (Å²) in [6.07, 6.45) is 4.33. The molecular weight excluding hydrogens is 384 g/mol. The Kier molecular flexibility index (Phi) is 6.26. The van der Waals surface area contributed by atoms with Crippen LogP contribution in [0, 0.1) is 12.8 Å². The van der Waals surface area contributed by atoms with E-state index in [1.54, 1.807) is 6.26 Å². The van der Waals surface area contributed by atoms with Crippen LogP contribution in [0.1, 0.15) is 48.6 Å². The largest absolute Gasteiger partial charge is 0.467 e. The molecule has 1 unspecified atom stereocenters. The summed E-state index contributed by atoms with van der Waals surface area (Å²) in [6.45, 7) is 7.73. The molecule has 0 fully saturated rings. The number of fused-ring (bicyclic) bond motifs is 1. The van der Waals surface area contributed by atoms with Crippen molar-refractivity contribution >= 4 is 16.8 Å². The van der Waals surface area contributed by atoms with Gasteiger partial charge in [-0.1, -0.05) is 61.9 Å². The SMILES string of the molecule is Cc1ccc(Cn2cc(C(CC(=O)NCc3ccco3)C(C)C)c3ccccc32)cc1. The van der Waals surface area contributed by atoms with Crippen LogP contribution in [0.15, 0.2) is 77.5 Å². The Morgan fingerprint density at radius 3 is 2.52 bits per heavy atom. The van der Waals surface area contributed by atoms with E-state index in [0.29, 0.717) is 18.9 Å². The minimum Gasteiger partial charge on any atom is -0.467 e. The van der Waals surface area contributed by atoms with Crippen molar-refractivity contribution in [2.75, 3.05) is 0 Å². The van der Waals surface area contributed by atoms with Crippen molar-refractivity contribution < 1.29 is 9.21 Å². The van der Waals surface area contributed by atoms with Gasteiger partial charge in [-0.3, -0.25) is 4.79 Å². The van der Waals surface area contributed by atoms with Crippen molar-refractivity contribution in [2.45, 2.75) is 46.2 Å². The first-order valence-electron chi connectivity index (χ1n) is 10.9. The molecule has 0 radical (unpaired) electrons. The topological polar surface area (TPSA) is 47.2 Å². The van der Waals surface area contributed by atoms with E-state index in [-0.39, 0.29) is 11.8 Å². The molecule has 1 N–H and O–H groups in total. The second kappa shape index (κ2) is 9.25. The second-order valence-electron chi connectivity index (χ2n) is 8.63. The van der Waals surface area contributed by atoms with Crippen molar-refractivity contribution in [1.82, 2.24) is 9.88 Å². The minimum absolute atomic E-state index is 0.0467. The molecular formula is C27H30N2O2. The van der Waals surface area contributed by atoms with E-state index in [0.717, 1.165) is 12.3 Å². The second-order valence-corrected chi connectivity index (χ2v) is 8.63. The first-order chi connectivity index (χ1) is 15.0. The molecule has 160 valence electrons. The Hall–Kier alpha value is -3.27.